The molecular weight excluding hydrogens is 325 g/mol. The van der Waals surface area contributed by atoms with Gasteiger partial charge < -0.3 is 15.2 Å². The van der Waals surface area contributed by atoms with E-state index in [-0.39, 0.29) is 22.0 Å². The molecule has 0 saturated heterocycles. The minimum absolute atomic E-state index is 0.111. The van der Waals surface area contributed by atoms with Crippen molar-refractivity contribution in [1.29, 1.82) is 0 Å². The molecule has 1 atom stereocenters. The number of nitrogens with one attached hydrogen (secondary N) is 1. The fourth-order valence-corrected chi connectivity index (χ4v) is 1.93. The summed E-state index contributed by atoms with van der Waals surface area (Å²) in [6, 6.07) is 9.20. The quantitative estimate of drug-likeness (QED) is 0.839. The van der Waals surface area contributed by atoms with Crippen molar-refractivity contribution < 1.29 is 23.8 Å². The van der Waals surface area contributed by atoms with Crippen LogP contribution >= 0.6 is 11.6 Å². The molecule has 0 bridgehead atoms. The number of phenols is 1. The van der Waals surface area contributed by atoms with Crippen molar-refractivity contribution in [3.8, 4) is 5.75 Å². The second kappa shape index (κ2) is 7.11. The van der Waals surface area contributed by atoms with Crippen LogP contribution in [-0.4, -0.2) is 23.1 Å². The van der Waals surface area contributed by atoms with Gasteiger partial charge >= 0.3 is 5.97 Å². The molecule has 0 unspecified atom stereocenters. The van der Waals surface area contributed by atoms with Crippen LogP contribution in [0.25, 0.3) is 0 Å². The molecule has 1 amide bonds. The third kappa shape index (κ3) is 4.43. The van der Waals surface area contributed by atoms with Gasteiger partial charge in [0.25, 0.3) is 5.91 Å². The number of esters is 1. The number of hydrogen-bond donors (Lipinski definition) is 2. The second-order valence-corrected chi connectivity index (χ2v) is 5.15. The molecule has 0 aliphatic rings. The van der Waals surface area contributed by atoms with Crippen LogP contribution in [0.15, 0.2) is 42.5 Å². The van der Waals surface area contributed by atoms with Crippen molar-refractivity contribution in [2.45, 2.75) is 13.0 Å². The number of amides is 1. The molecule has 0 saturated carbocycles. The number of ether oxygens (including phenoxy) is 1. The summed E-state index contributed by atoms with van der Waals surface area (Å²) in [6.07, 6.45) is -1.14. The highest BCUT2D eigenvalue weighted by molar-refractivity contribution is 6.30. The SMILES string of the molecule is C[C@@H](OC(=O)c1ccc(Cl)cc1O)C(=O)Nc1cccc(F)c1. The molecule has 23 heavy (non-hydrogen) atoms. The number of aromatic hydroxyl groups is 1. The lowest BCUT2D eigenvalue weighted by atomic mass is 10.2. The number of anilines is 1. The van der Waals surface area contributed by atoms with Crippen LogP contribution in [0.4, 0.5) is 10.1 Å². The average Bonchev–Trinajstić information content (AvgIpc) is 2.46. The van der Waals surface area contributed by atoms with Gasteiger partial charge in [-0.2, -0.15) is 0 Å². The van der Waals surface area contributed by atoms with Gasteiger partial charge in [-0.05, 0) is 43.3 Å². The summed E-state index contributed by atoms with van der Waals surface area (Å²) in [6.45, 7) is 1.36. The summed E-state index contributed by atoms with van der Waals surface area (Å²) >= 11 is 5.67. The first-order valence-electron chi connectivity index (χ1n) is 6.63. The molecule has 0 aromatic heterocycles. The normalized spacial score (nSPS) is 11.6. The highest BCUT2D eigenvalue weighted by atomic mass is 35.5. The molecule has 7 heteroatoms. The molecule has 0 spiro atoms. The molecule has 0 aliphatic heterocycles. The third-order valence-electron chi connectivity index (χ3n) is 2.92. The first-order valence-corrected chi connectivity index (χ1v) is 7.00. The summed E-state index contributed by atoms with van der Waals surface area (Å²) < 4.78 is 18.0. The van der Waals surface area contributed by atoms with E-state index in [9.17, 15) is 19.1 Å². The Morgan fingerprint density at radius 1 is 1.26 bits per heavy atom. The Bertz CT molecular complexity index is 751. The van der Waals surface area contributed by atoms with Gasteiger partial charge in [-0.15, -0.1) is 0 Å². The largest absolute Gasteiger partial charge is 0.507 e. The van der Waals surface area contributed by atoms with Gasteiger partial charge in [0.1, 0.15) is 17.1 Å². The smallest absolute Gasteiger partial charge is 0.342 e. The molecule has 2 rings (SSSR count). The Kier molecular flexibility index (Phi) is 5.18. The Hall–Kier alpha value is -2.60. The van der Waals surface area contributed by atoms with Crippen molar-refractivity contribution in [3.63, 3.8) is 0 Å². The zero-order chi connectivity index (χ0) is 17.0. The summed E-state index contributed by atoms with van der Waals surface area (Å²) in [5.74, 6) is -2.35. The predicted octanol–water partition coefficient (Wildman–Crippen LogP) is 3.37. The van der Waals surface area contributed by atoms with Gasteiger partial charge in [0.05, 0.1) is 0 Å². The van der Waals surface area contributed by atoms with E-state index in [1.54, 1.807) is 0 Å². The zero-order valence-electron chi connectivity index (χ0n) is 12.0. The van der Waals surface area contributed by atoms with Crippen LogP contribution in [0, 0.1) is 5.82 Å². The third-order valence-corrected chi connectivity index (χ3v) is 3.16. The lowest BCUT2D eigenvalue weighted by Crippen LogP contribution is -2.30. The summed E-state index contributed by atoms with van der Waals surface area (Å²) in [5, 5.41) is 12.3. The van der Waals surface area contributed by atoms with E-state index < -0.39 is 23.8 Å². The topological polar surface area (TPSA) is 75.6 Å². The van der Waals surface area contributed by atoms with E-state index in [0.717, 1.165) is 6.07 Å². The number of carbonyl (C=O) groups is 2. The molecule has 0 heterocycles. The molecule has 2 aromatic carbocycles. The molecule has 0 radical (unpaired) electrons. The Morgan fingerprint density at radius 3 is 2.65 bits per heavy atom. The van der Waals surface area contributed by atoms with E-state index in [4.69, 9.17) is 16.3 Å². The first kappa shape index (κ1) is 16.8. The highest BCUT2D eigenvalue weighted by Crippen LogP contribution is 2.23. The molecule has 0 fully saturated rings. The number of rotatable bonds is 4. The van der Waals surface area contributed by atoms with Crippen LogP contribution in [0.2, 0.25) is 5.02 Å². The van der Waals surface area contributed by atoms with E-state index in [0.29, 0.717) is 0 Å². The number of halogens is 2. The standard InChI is InChI=1S/C16H13ClFNO4/c1-9(15(21)19-12-4-2-3-11(18)8-12)23-16(22)13-6-5-10(17)7-14(13)20/h2-9,20H,1H3,(H,19,21)/t9-/m1/s1. The van der Waals surface area contributed by atoms with E-state index in [1.165, 1.54) is 43.3 Å². The zero-order valence-corrected chi connectivity index (χ0v) is 12.8. The van der Waals surface area contributed by atoms with Gasteiger partial charge in [0.2, 0.25) is 0 Å². The van der Waals surface area contributed by atoms with Crippen LogP contribution in [0.5, 0.6) is 5.75 Å². The Morgan fingerprint density at radius 2 is 2.00 bits per heavy atom. The Balaban J connectivity index is 2.01. The molecule has 0 aliphatic carbocycles. The number of benzene rings is 2. The van der Waals surface area contributed by atoms with Crippen molar-refractivity contribution in [2.75, 3.05) is 5.32 Å². The van der Waals surface area contributed by atoms with Crippen molar-refractivity contribution >= 4 is 29.2 Å². The van der Waals surface area contributed by atoms with Gasteiger partial charge in [-0.25, -0.2) is 9.18 Å². The maximum absolute atomic E-state index is 13.1. The van der Waals surface area contributed by atoms with Gasteiger partial charge in [-0.1, -0.05) is 17.7 Å². The fourth-order valence-electron chi connectivity index (χ4n) is 1.77. The predicted molar refractivity (Wildman–Crippen MR) is 83.0 cm³/mol. The minimum atomic E-state index is -1.14. The molecule has 5 nitrogen and oxygen atoms in total. The number of phenolic OH excluding ortho intramolecular Hbond substituents is 1. The molecule has 2 N–H and O–H groups in total. The van der Waals surface area contributed by atoms with Gasteiger partial charge in [0, 0.05) is 10.7 Å². The summed E-state index contributed by atoms with van der Waals surface area (Å²) in [4.78, 5) is 23.9. The molecular formula is C16H13ClFNO4. The monoisotopic (exact) mass is 337 g/mol. The van der Waals surface area contributed by atoms with E-state index >= 15 is 0 Å². The van der Waals surface area contributed by atoms with Crippen molar-refractivity contribution in [2.24, 2.45) is 0 Å². The van der Waals surface area contributed by atoms with Crippen molar-refractivity contribution in [1.82, 2.24) is 0 Å². The molecule has 120 valence electrons. The average molecular weight is 338 g/mol. The van der Waals surface area contributed by atoms with Crippen LogP contribution < -0.4 is 5.32 Å². The lowest BCUT2D eigenvalue weighted by molar-refractivity contribution is -0.123. The van der Waals surface area contributed by atoms with Gasteiger partial charge in [0.15, 0.2) is 6.10 Å². The minimum Gasteiger partial charge on any atom is -0.507 e. The fraction of sp³-hybridized carbons (Fsp3) is 0.125. The molecule has 2 aromatic rings. The highest BCUT2D eigenvalue weighted by Gasteiger charge is 2.21. The lowest BCUT2D eigenvalue weighted by Gasteiger charge is -2.14. The van der Waals surface area contributed by atoms with Crippen LogP contribution in [-0.2, 0) is 9.53 Å². The van der Waals surface area contributed by atoms with Crippen molar-refractivity contribution in [3.05, 3.63) is 58.9 Å². The maximum atomic E-state index is 13.1. The summed E-state index contributed by atoms with van der Waals surface area (Å²) in [7, 11) is 0. The van der Waals surface area contributed by atoms with Crippen LogP contribution in [0.3, 0.4) is 0 Å². The number of hydrogen-bond acceptors (Lipinski definition) is 4. The van der Waals surface area contributed by atoms with E-state index in [1.807, 2.05) is 0 Å². The van der Waals surface area contributed by atoms with Gasteiger partial charge in [-0.3, -0.25) is 4.79 Å². The Labute approximate surface area is 136 Å². The summed E-state index contributed by atoms with van der Waals surface area (Å²) in [5.41, 5.74) is 0.132. The van der Waals surface area contributed by atoms with Crippen LogP contribution in [0.1, 0.15) is 17.3 Å². The maximum Gasteiger partial charge on any atom is 0.342 e. The second-order valence-electron chi connectivity index (χ2n) is 4.71. The number of carbonyl (C=O) groups excluding carboxylic acids is 2. The van der Waals surface area contributed by atoms with E-state index in [2.05, 4.69) is 5.32 Å². The first-order chi connectivity index (χ1) is 10.9.